The number of rotatable bonds is 4. The summed E-state index contributed by atoms with van der Waals surface area (Å²) in [5, 5.41) is 6.24. The Morgan fingerprint density at radius 2 is 2.05 bits per heavy atom. The van der Waals surface area contributed by atoms with Crippen LogP contribution >= 0.6 is 23.4 Å². The zero-order valence-corrected chi connectivity index (χ0v) is 13.4. The number of thioether (sulfide) groups is 1. The molecule has 1 rings (SSSR count). The van der Waals surface area contributed by atoms with E-state index < -0.39 is 0 Å². The van der Waals surface area contributed by atoms with Crippen molar-refractivity contribution in [3.8, 4) is 0 Å². The lowest BCUT2D eigenvalue weighted by molar-refractivity contribution is 0.252. The Morgan fingerprint density at radius 1 is 1.37 bits per heavy atom. The third-order valence-corrected chi connectivity index (χ3v) is 4.03. The predicted molar refractivity (Wildman–Crippen MR) is 85.4 cm³/mol. The van der Waals surface area contributed by atoms with Gasteiger partial charge in [-0.15, -0.1) is 0 Å². The molecule has 0 aliphatic rings. The van der Waals surface area contributed by atoms with Crippen LogP contribution in [-0.4, -0.2) is 23.1 Å². The lowest BCUT2D eigenvalue weighted by Gasteiger charge is -2.17. The van der Waals surface area contributed by atoms with Crippen molar-refractivity contribution >= 4 is 35.1 Å². The monoisotopic (exact) mass is 300 g/mol. The van der Waals surface area contributed by atoms with Crippen LogP contribution in [-0.2, 0) is 0 Å². The second-order valence-corrected chi connectivity index (χ2v) is 7.63. The highest BCUT2D eigenvalue weighted by Crippen LogP contribution is 2.22. The van der Waals surface area contributed by atoms with Crippen LogP contribution < -0.4 is 10.6 Å². The summed E-state index contributed by atoms with van der Waals surface area (Å²) < 4.78 is 0.225. The molecule has 2 N–H and O–H groups in total. The van der Waals surface area contributed by atoms with Gasteiger partial charge >= 0.3 is 6.03 Å². The van der Waals surface area contributed by atoms with Crippen LogP contribution in [0, 0.1) is 6.92 Å². The van der Waals surface area contributed by atoms with E-state index in [2.05, 4.69) is 31.4 Å². The summed E-state index contributed by atoms with van der Waals surface area (Å²) >= 11 is 7.82. The van der Waals surface area contributed by atoms with Gasteiger partial charge in [-0.1, -0.05) is 38.4 Å². The summed E-state index contributed by atoms with van der Waals surface area (Å²) in [5.41, 5.74) is 1.70. The summed E-state index contributed by atoms with van der Waals surface area (Å²) in [4.78, 5) is 11.7. The molecule has 0 aliphatic heterocycles. The molecule has 0 spiro atoms. The van der Waals surface area contributed by atoms with Gasteiger partial charge in [-0.3, -0.25) is 0 Å². The molecular weight excluding hydrogens is 280 g/mol. The zero-order valence-electron chi connectivity index (χ0n) is 11.8. The molecule has 3 nitrogen and oxygen atoms in total. The van der Waals surface area contributed by atoms with Crippen molar-refractivity contribution in [1.29, 1.82) is 0 Å². The molecule has 5 heteroatoms. The SMILES string of the molecule is Cc1ccc(NC(=O)NCCSC(C)(C)C)cc1Cl. The van der Waals surface area contributed by atoms with E-state index in [1.165, 1.54) is 0 Å². The second kappa shape index (κ2) is 7.06. The van der Waals surface area contributed by atoms with Crippen molar-refractivity contribution in [3.63, 3.8) is 0 Å². The highest BCUT2D eigenvalue weighted by Gasteiger charge is 2.10. The fourth-order valence-electron chi connectivity index (χ4n) is 1.37. The van der Waals surface area contributed by atoms with Crippen LogP contribution in [0.5, 0.6) is 0 Å². The van der Waals surface area contributed by atoms with E-state index in [0.717, 1.165) is 11.3 Å². The maximum absolute atomic E-state index is 11.7. The van der Waals surface area contributed by atoms with E-state index >= 15 is 0 Å². The molecule has 0 heterocycles. The molecule has 0 saturated heterocycles. The molecule has 106 valence electrons. The number of hydrogen-bond donors (Lipinski definition) is 2. The molecule has 19 heavy (non-hydrogen) atoms. The van der Waals surface area contributed by atoms with E-state index in [4.69, 9.17) is 11.6 Å². The Kier molecular flexibility index (Phi) is 6.01. The predicted octanol–water partition coefficient (Wildman–Crippen LogP) is 4.30. The molecular formula is C14H21ClN2OS. The highest BCUT2D eigenvalue weighted by atomic mass is 35.5. The average Bonchev–Trinajstić information content (AvgIpc) is 2.28. The van der Waals surface area contributed by atoms with Gasteiger partial charge in [-0.05, 0) is 24.6 Å². The molecule has 0 aromatic heterocycles. The molecule has 1 aromatic carbocycles. The molecule has 2 amide bonds. The van der Waals surface area contributed by atoms with Crippen LogP contribution in [0.1, 0.15) is 26.3 Å². The number of halogens is 1. The van der Waals surface area contributed by atoms with Crippen molar-refractivity contribution in [3.05, 3.63) is 28.8 Å². The van der Waals surface area contributed by atoms with Gasteiger partial charge in [0, 0.05) is 27.8 Å². The van der Waals surface area contributed by atoms with Crippen LogP contribution in [0.2, 0.25) is 5.02 Å². The van der Waals surface area contributed by atoms with Crippen LogP contribution in [0.15, 0.2) is 18.2 Å². The van der Waals surface area contributed by atoms with Gasteiger partial charge in [-0.2, -0.15) is 11.8 Å². The minimum atomic E-state index is -0.200. The van der Waals surface area contributed by atoms with Crippen LogP contribution in [0.4, 0.5) is 10.5 Å². The van der Waals surface area contributed by atoms with Crippen molar-refractivity contribution < 1.29 is 4.79 Å². The Labute approximate surface area is 124 Å². The first-order valence-electron chi connectivity index (χ1n) is 6.23. The maximum atomic E-state index is 11.7. The normalized spacial score (nSPS) is 11.2. The first-order valence-corrected chi connectivity index (χ1v) is 7.59. The first-order chi connectivity index (χ1) is 8.78. The lowest BCUT2D eigenvalue weighted by atomic mass is 10.2. The van der Waals surface area contributed by atoms with E-state index in [0.29, 0.717) is 17.3 Å². The zero-order chi connectivity index (χ0) is 14.5. The van der Waals surface area contributed by atoms with E-state index in [9.17, 15) is 4.79 Å². The summed E-state index contributed by atoms with van der Waals surface area (Å²) in [6, 6.07) is 5.27. The van der Waals surface area contributed by atoms with Gasteiger partial charge in [-0.25, -0.2) is 4.79 Å². The number of benzene rings is 1. The smallest absolute Gasteiger partial charge is 0.319 e. The fraction of sp³-hybridized carbons (Fsp3) is 0.500. The van der Waals surface area contributed by atoms with Crippen LogP contribution in [0.25, 0.3) is 0 Å². The van der Waals surface area contributed by atoms with Crippen molar-refractivity contribution in [2.24, 2.45) is 0 Å². The molecule has 0 aliphatic carbocycles. The largest absolute Gasteiger partial charge is 0.337 e. The Bertz CT molecular complexity index is 444. The van der Waals surface area contributed by atoms with Crippen molar-refractivity contribution in [2.45, 2.75) is 32.4 Å². The number of nitrogens with one attached hydrogen (secondary N) is 2. The molecule has 0 atom stereocenters. The van der Waals surface area contributed by atoms with Crippen molar-refractivity contribution in [2.75, 3.05) is 17.6 Å². The number of aryl methyl sites for hydroxylation is 1. The molecule has 0 bridgehead atoms. The topological polar surface area (TPSA) is 41.1 Å². The molecule has 1 aromatic rings. The number of carbonyl (C=O) groups is 1. The summed E-state index contributed by atoms with van der Waals surface area (Å²) in [7, 11) is 0. The summed E-state index contributed by atoms with van der Waals surface area (Å²) in [5.74, 6) is 0.894. The fourth-order valence-corrected chi connectivity index (χ4v) is 2.36. The van der Waals surface area contributed by atoms with Gasteiger partial charge in [0.25, 0.3) is 0 Å². The first kappa shape index (κ1) is 16.2. The van der Waals surface area contributed by atoms with Gasteiger partial charge in [0.1, 0.15) is 0 Å². The third kappa shape index (κ3) is 6.73. The van der Waals surface area contributed by atoms with Gasteiger partial charge in [0.05, 0.1) is 0 Å². The maximum Gasteiger partial charge on any atom is 0.319 e. The Hall–Kier alpha value is -0.870. The third-order valence-electron chi connectivity index (χ3n) is 2.35. The molecule has 0 saturated carbocycles. The van der Waals surface area contributed by atoms with Gasteiger partial charge in [0.15, 0.2) is 0 Å². The standard InChI is InChI=1S/C14H21ClN2OS/c1-10-5-6-11(9-12(10)15)17-13(18)16-7-8-19-14(2,3)4/h5-6,9H,7-8H2,1-4H3,(H2,16,17,18). The lowest BCUT2D eigenvalue weighted by Crippen LogP contribution is -2.31. The van der Waals surface area contributed by atoms with Crippen molar-refractivity contribution in [1.82, 2.24) is 5.32 Å². The molecule has 0 radical (unpaired) electrons. The van der Waals surface area contributed by atoms with E-state index in [1.807, 2.05) is 30.8 Å². The van der Waals surface area contributed by atoms with Gasteiger partial charge in [0.2, 0.25) is 0 Å². The Balaban J connectivity index is 2.33. The average molecular weight is 301 g/mol. The number of anilines is 1. The quantitative estimate of drug-likeness (QED) is 0.814. The van der Waals surface area contributed by atoms with E-state index in [1.54, 1.807) is 6.07 Å². The number of amides is 2. The van der Waals surface area contributed by atoms with Gasteiger partial charge < -0.3 is 10.6 Å². The summed E-state index contributed by atoms with van der Waals surface area (Å²) in [6.45, 7) is 9.05. The number of urea groups is 1. The molecule has 0 fully saturated rings. The van der Waals surface area contributed by atoms with Crippen LogP contribution in [0.3, 0.4) is 0 Å². The second-order valence-electron chi connectivity index (χ2n) is 5.31. The summed E-state index contributed by atoms with van der Waals surface area (Å²) in [6.07, 6.45) is 0. The van der Waals surface area contributed by atoms with E-state index in [-0.39, 0.29) is 10.8 Å². The minimum absolute atomic E-state index is 0.200. The minimum Gasteiger partial charge on any atom is -0.337 e. The molecule has 0 unspecified atom stereocenters. The highest BCUT2D eigenvalue weighted by molar-refractivity contribution is 8.00. The number of hydrogen-bond acceptors (Lipinski definition) is 2. The Morgan fingerprint density at radius 3 is 2.63 bits per heavy atom. The number of carbonyl (C=O) groups excluding carboxylic acids is 1.